The molecule has 2 aromatic carbocycles. The number of amides is 1. The predicted molar refractivity (Wildman–Crippen MR) is 116 cm³/mol. The van der Waals surface area contributed by atoms with Gasteiger partial charge in [-0.15, -0.1) is 0 Å². The van der Waals surface area contributed by atoms with Crippen LogP contribution in [0.3, 0.4) is 0 Å². The summed E-state index contributed by atoms with van der Waals surface area (Å²) in [5.41, 5.74) is 1.93. The van der Waals surface area contributed by atoms with E-state index in [1.807, 2.05) is 47.0 Å². The average Bonchev–Trinajstić information content (AvgIpc) is 2.80. The zero-order valence-corrected chi connectivity index (χ0v) is 16.1. The number of anilines is 1. The predicted octanol–water partition coefficient (Wildman–Crippen LogP) is 2.65. The van der Waals surface area contributed by atoms with E-state index in [0.29, 0.717) is 35.2 Å². The molecule has 4 aromatic rings. The maximum atomic E-state index is 12.8. The van der Waals surface area contributed by atoms with Crippen molar-refractivity contribution in [1.82, 2.24) is 14.9 Å². The first-order chi connectivity index (χ1) is 14.7. The van der Waals surface area contributed by atoms with E-state index in [1.165, 1.54) is 6.20 Å². The summed E-state index contributed by atoms with van der Waals surface area (Å²) in [6, 6.07) is 20.1. The van der Waals surface area contributed by atoms with Gasteiger partial charge in [0.15, 0.2) is 5.43 Å². The molecule has 2 N–H and O–H groups in total. The Morgan fingerprint density at radius 2 is 1.63 bits per heavy atom. The van der Waals surface area contributed by atoms with Crippen molar-refractivity contribution in [2.45, 2.75) is 6.54 Å². The van der Waals surface area contributed by atoms with E-state index in [0.717, 1.165) is 11.0 Å². The van der Waals surface area contributed by atoms with Gasteiger partial charge in [-0.25, -0.2) is 4.98 Å². The van der Waals surface area contributed by atoms with Gasteiger partial charge in [-0.05, 0) is 36.4 Å². The number of para-hydroxylation sites is 2. The van der Waals surface area contributed by atoms with Crippen molar-refractivity contribution >= 4 is 33.5 Å². The van der Waals surface area contributed by atoms with E-state index in [-0.39, 0.29) is 17.9 Å². The van der Waals surface area contributed by atoms with Gasteiger partial charge in [-0.1, -0.05) is 24.3 Å². The molecule has 2 heterocycles. The van der Waals surface area contributed by atoms with Crippen LogP contribution in [0.4, 0.5) is 5.82 Å². The summed E-state index contributed by atoms with van der Waals surface area (Å²) in [5.74, 6) is 0.490. The summed E-state index contributed by atoms with van der Waals surface area (Å²) in [6.07, 6.45) is 1.49. The van der Waals surface area contributed by atoms with Crippen LogP contribution in [0, 0.1) is 11.3 Å². The Kier molecular flexibility index (Phi) is 5.39. The molecule has 1 amide bonds. The Bertz CT molecular complexity index is 1260. The number of nitrogens with zero attached hydrogens (tertiary/aromatic N) is 3. The van der Waals surface area contributed by atoms with Crippen LogP contribution in [0.2, 0.25) is 0 Å². The highest BCUT2D eigenvalue weighted by Gasteiger charge is 2.12. The number of fused-ring (bicyclic) bond motifs is 2. The normalized spacial score (nSPS) is 10.6. The number of pyridine rings is 2. The van der Waals surface area contributed by atoms with E-state index < -0.39 is 0 Å². The van der Waals surface area contributed by atoms with Crippen molar-refractivity contribution in [3.63, 3.8) is 0 Å². The minimum absolute atomic E-state index is 0.0306. The summed E-state index contributed by atoms with van der Waals surface area (Å²) in [6.45, 7) is 1.02. The molecule has 148 valence electrons. The van der Waals surface area contributed by atoms with Gasteiger partial charge < -0.3 is 15.2 Å². The third-order valence-electron chi connectivity index (χ3n) is 4.83. The SMILES string of the molecule is N#Cc1ccc(NCCNC(=O)Cn2c3ccccc3c(=O)c3ccccc32)nc1. The van der Waals surface area contributed by atoms with E-state index in [4.69, 9.17) is 5.26 Å². The third kappa shape index (κ3) is 3.84. The number of benzene rings is 2. The van der Waals surface area contributed by atoms with E-state index in [1.54, 1.807) is 24.3 Å². The molecule has 0 aliphatic heterocycles. The minimum atomic E-state index is -0.149. The van der Waals surface area contributed by atoms with Gasteiger partial charge in [0.2, 0.25) is 5.91 Å². The number of rotatable bonds is 6. The maximum absolute atomic E-state index is 12.8. The lowest BCUT2D eigenvalue weighted by Gasteiger charge is -2.15. The molecular formula is C23H19N5O2. The monoisotopic (exact) mass is 397 g/mol. The summed E-state index contributed by atoms with van der Waals surface area (Å²) in [7, 11) is 0. The fourth-order valence-electron chi connectivity index (χ4n) is 3.40. The largest absolute Gasteiger partial charge is 0.368 e. The second-order valence-corrected chi connectivity index (χ2v) is 6.77. The Balaban J connectivity index is 1.47. The summed E-state index contributed by atoms with van der Waals surface area (Å²) < 4.78 is 1.87. The zero-order chi connectivity index (χ0) is 20.9. The second-order valence-electron chi connectivity index (χ2n) is 6.77. The minimum Gasteiger partial charge on any atom is -0.368 e. The number of carbonyl (C=O) groups excluding carboxylic acids is 1. The molecule has 0 saturated carbocycles. The smallest absolute Gasteiger partial charge is 0.240 e. The highest BCUT2D eigenvalue weighted by molar-refractivity contribution is 5.94. The number of aromatic nitrogens is 2. The molecule has 0 unspecified atom stereocenters. The van der Waals surface area contributed by atoms with Gasteiger partial charge in [0, 0.05) is 30.1 Å². The molecule has 7 heteroatoms. The van der Waals surface area contributed by atoms with Crippen molar-refractivity contribution in [3.05, 3.63) is 82.6 Å². The van der Waals surface area contributed by atoms with Crippen LogP contribution in [0.1, 0.15) is 5.56 Å². The topological polar surface area (TPSA) is 99.8 Å². The molecule has 7 nitrogen and oxygen atoms in total. The molecule has 2 aromatic heterocycles. The summed E-state index contributed by atoms with van der Waals surface area (Å²) in [4.78, 5) is 29.5. The van der Waals surface area contributed by atoms with Crippen LogP contribution in [0.25, 0.3) is 21.8 Å². The fraction of sp³-hybridized carbons (Fsp3) is 0.130. The van der Waals surface area contributed by atoms with E-state index >= 15 is 0 Å². The Morgan fingerprint density at radius 3 is 2.23 bits per heavy atom. The van der Waals surface area contributed by atoms with Gasteiger partial charge in [-0.2, -0.15) is 5.26 Å². The summed E-state index contributed by atoms with van der Waals surface area (Å²) >= 11 is 0. The Labute approximate surface area is 172 Å². The second kappa shape index (κ2) is 8.45. The number of nitrogens with one attached hydrogen (secondary N) is 2. The molecule has 0 aliphatic carbocycles. The van der Waals surface area contributed by atoms with Crippen molar-refractivity contribution in [3.8, 4) is 6.07 Å². The fourth-order valence-corrected chi connectivity index (χ4v) is 3.40. The first-order valence-electron chi connectivity index (χ1n) is 9.54. The molecule has 0 spiro atoms. The highest BCUT2D eigenvalue weighted by Crippen LogP contribution is 2.18. The molecule has 0 fully saturated rings. The Morgan fingerprint density at radius 1 is 0.967 bits per heavy atom. The number of hydrogen-bond acceptors (Lipinski definition) is 5. The highest BCUT2D eigenvalue weighted by atomic mass is 16.2. The lowest BCUT2D eigenvalue weighted by Crippen LogP contribution is -2.32. The molecule has 0 saturated heterocycles. The standard InChI is InChI=1S/C23H19N5O2/c24-13-16-9-10-21(27-14-16)25-11-12-26-22(29)15-28-19-7-3-1-5-17(19)23(30)18-6-2-4-8-20(18)28/h1-10,14H,11-12,15H2,(H,25,27)(H,26,29). The lowest BCUT2D eigenvalue weighted by molar-refractivity contribution is -0.121. The molecule has 0 atom stereocenters. The summed E-state index contributed by atoms with van der Waals surface area (Å²) in [5, 5.41) is 16.0. The molecule has 0 radical (unpaired) electrons. The quantitative estimate of drug-likeness (QED) is 0.385. The van der Waals surface area contributed by atoms with Crippen molar-refractivity contribution in [1.29, 1.82) is 5.26 Å². The average molecular weight is 397 g/mol. The first-order valence-corrected chi connectivity index (χ1v) is 9.54. The van der Waals surface area contributed by atoms with Crippen LogP contribution >= 0.6 is 0 Å². The van der Waals surface area contributed by atoms with Gasteiger partial charge >= 0.3 is 0 Å². The van der Waals surface area contributed by atoms with Crippen molar-refractivity contribution < 1.29 is 4.79 Å². The van der Waals surface area contributed by atoms with Crippen molar-refractivity contribution in [2.24, 2.45) is 0 Å². The van der Waals surface area contributed by atoms with E-state index in [9.17, 15) is 9.59 Å². The van der Waals surface area contributed by atoms with Gasteiger partial charge in [-0.3, -0.25) is 9.59 Å². The van der Waals surface area contributed by atoms with Crippen LogP contribution < -0.4 is 16.1 Å². The molecular weight excluding hydrogens is 378 g/mol. The lowest BCUT2D eigenvalue weighted by atomic mass is 10.1. The number of nitriles is 1. The van der Waals surface area contributed by atoms with Crippen LogP contribution in [-0.2, 0) is 11.3 Å². The number of carbonyl (C=O) groups is 1. The van der Waals surface area contributed by atoms with Crippen molar-refractivity contribution in [2.75, 3.05) is 18.4 Å². The van der Waals surface area contributed by atoms with Crippen LogP contribution in [-0.4, -0.2) is 28.5 Å². The maximum Gasteiger partial charge on any atom is 0.240 e. The van der Waals surface area contributed by atoms with Gasteiger partial charge in [0.05, 0.1) is 16.6 Å². The van der Waals surface area contributed by atoms with Crippen LogP contribution in [0.15, 0.2) is 71.7 Å². The van der Waals surface area contributed by atoms with Gasteiger partial charge in [0.1, 0.15) is 18.4 Å². The molecule has 0 aliphatic rings. The zero-order valence-electron chi connectivity index (χ0n) is 16.1. The number of hydrogen-bond donors (Lipinski definition) is 2. The molecule has 4 rings (SSSR count). The third-order valence-corrected chi connectivity index (χ3v) is 4.83. The molecule has 30 heavy (non-hydrogen) atoms. The van der Waals surface area contributed by atoms with Gasteiger partial charge in [0.25, 0.3) is 0 Å². The first kappa shape index (κ1) is 19.2. The molecule has 0 bridgehead atoms. The van der Waals surface area contributed by atoms with E-state index in [2.05, 4.69) is 15.6 Å². The Hall–Kier alpha value is -4.18. The van der Waals surface area contributed by atoms with Crippen LogP contribution in [0.5, 0.6) is 0 Å².